The Morgan fingerprint density at radius 2 is 2.19 bits per heavy atom. The highest BCUT2D eigenvalue weighted by Gasteiger charge is 2.04. The van der Waals surface area contributed by atoms with Crippen LogP contribution in [0.1, 0.15) is 31.2 Å². The van der Waals surface area contributed by atoms with Crippen molar-refractivity contribution in [2.45, 2.75) is 33.2 Å². The van der Waals surface area contributed by atoms with Gasteiger partial charge in [0.1, 0.15) is 11.4 Å². The van der Waals surface area contributed by atoms with Crippen molar-refractivity contribution in [2.24, 2.45) is 0 Å². The van der Waals surface area contributed by atoms with E-state index in [1.807, 2.05) is 13.8 Å². The number of hydrogen-bond acceptors (Lipinski definition) is 5. The molecule has 6 heteroatoms. The van der Waals surface area contributed by atoms with Crippen molar-refractivity contribution >= 4 is 5.91 Å². The lowest BCUT2D eigenvalue weighted by atomic mass is 10.3. The van der Waals surface area contributed by atoms with Crippen LogP contribution in [0.25, 0.3) is 0 Å². The van der Waals surface area contributed by atoms with E-state index in [1.54, 1.807) is 0 Å². The first-order valence-corrected chi connectivity index (χ1v) is 5.49. The highest BCUT2D eigenvalue weighted by Crippen LogP contribution is 1.98. The summed E-state index contributed by atoms with van der Waals surface area (Å²) in [6, 6.07) is 0. The molecule has 0 aliphatic carbocycles. The summed E-state index contributed by atoms with van der Waals surface area (Å²) in [5.41, 5.74) is 1.57. The van der Waals surface area contributed by atoms with Crippen LogP contribution in [-0.4, -0.2) is 29.3 Å². The number of nitrogens with zero attached hydrogens (tertiary/aromatic N) is 2. The first-order valence-electron chi connectivity index (χ1n) is 5.49. The number of amides is 1. The van der Waals surface area contributed by atoms with Gasteiger partial charge in [0.2, 0.25) is 5.91 Å². The van der Waals surface area contributed by atoms with Crippen LogP contribution in [0.5, 0.6) is 0 Å². The maximum absolute atomic E-state index is 11.2. The summed E-state index contributed by atoms with van der Waals surface area (Å²) in [5, 5.41) is 13.3. The van der Waals surface area contributed by atoms with Gasteiger partial charge in [-0.3, -0.25) is 4.79 Å². The Balaban J connectivity index is 2.08. The van der Waals surface area contributed by atoms with Gasteiger partial charge >= 0.3 is 0 Å². The molecule has 2 N–H and O–H groups in total. The van der Waals surface area contributed by atoms with Gasteiger partial charge in [0, 0.05) is 26.1 Å². The van der Waals surface area contributed by atoms with Crippen molar-refractivity contribution in [2.75, 3.05) is 13.1 Å². The third kappa shape index (κ3) is 4.39. The first kappa shape index (κ1) is 12.6. The molecule has 16 heavy (non-hydrogen) atoms. The van der Waals surface area contributed by atoms with Crippen LogP contribution >= 0.6 is 0 Å². The Bertz CT molecular complexity index is 324. The fourth-order valence-corrected chi connectivity index (χ4v) is 1.17. The molecule has 0 aliphatic heterocycles. The number of rotatable bonds is 7. The van der Waals surface area contributed by atoms with Gasteiger partial charge < -0.3 is 10.6 Å². The number of nitrogens with one attached hydrogen (secondary N) is 2. The smallest absolute Gasteiger partial charge is 0.221 e. The molecule has 1 rings (SSSR count). The highest BCUT2D eigenvalue weighted by atomic mass is 16.6. The van der Waals surface area contributed by atoms with E-state index in [1.165, 1.54) is 0 Å². The van der Waals surface area contributed by atoms with Gasteiger partial charge in [0.25, 0.3) is 0 Å². The lowest BCUT2D eigenvalue weighted by Gasteiger charge is -2.04. The van der Waals surface area contributed by atoms with E-state index in [9.17, 15) is 4.79 Å². The number of hydrogen-bond donors (Lipinski definition) is 2. The summed E-state index contributed by atoms with van der Waals surface area (Å²) in [6.45, 7) is 5.81. The molecule has 6 nitrogen and oxygen atoms in total. The molecule has 1 aromatic rings. The molecule has 0 saturated heterocycles. The molecule has 90 valence electrons. The monoisotopic (exact) mass is 226 g/mol. The van der Waals surface area contributed by atoms with Crippen LogP contribution in [-0.2, 0) is 11.3 Å². The van der Waals surface area contributed by atoms with Crippen molar-refractivity contribution in [1.29, 1.82) is 0 Å². The minimum atomic E-state index is 0.0735. The molecule has 0 aromatic carbocycles. The minimum Gasteiger partial charge on any atom is -0.356 e. The Labute approximate surface area is 94.7 Å². The van der Waals surface area contributed by atoms with E-state index in [0.29, 0.717) is 19.5 Å². The van der Waals surface area contributed by atoms with E-state index < -0.39 is 0 Å². The Kier molecular flexibility index (Phi) is 5.49. The summed E-state index contributed by atoms with van der Waals surface area (Å²) in [5.74, 6) is 0.0735. The van der Waals surface area contributed by atoms with Crippen LogP contribution in [0.3, 0.4) is 0 Å². The summed E-state index contributed by atoms with van der Waals surface area (Å²) in [6.07, 6.45) is 1.44. The fourth-order valence-electron chi connectivity index (χ4n) is 1.17. The molecule has 0 spiro atoms. The van der Waals surface area contributed by atoms with E-state index in [2.05, 4.69) is 25.6 Å². The van der Waals surface area contributed by atoms with Crippen molar-refractivity contribution in [3.8, 4) is 0 Å². The molecule has 1 aromatic heterocycles. The van der Waals surface area contributed by atoms with Gasteiger partial charge in [-0.05, 0) is 13.3 Å². The standard InChI is InChI=1S/C10H18N4O2/c1-3-5-12-10(15)4-6-11-7-9-8(2)13-16-14-9/h11H,3-7H2,1-2H3,(H,12,15). The predicted octanol–water partition coefficient (Wildman–Crippen LogP) is 0.384. The Morgan fingerprint density at radius 1 is 1.38 bits per heavy atom. The van der Waals surface area contributed by atoms with E-state index in [4.69, 9.17) is 0 Å². The number of carbonyl (C=O) groups excluding carboxylic acids is 1. The summed E-state index contributed by atoms with van der Waals surface area (Å²) >= 11 is 0. The lowest BCUT2D eigenvalue weighted by Crippen LogP contribution is -2.28. The van der Waals surface area contributed by atoms with Gasteiger partial charge in [-0.25, -0.2) is 4.63 Å². The SMILES string of the molecule is CCCNC(=O)CCNCc1nonc1C. The molecular formula is C10H18N4O2. The van der Waals surface area contributed by atoms with Gasteiger partial charge in [-0.15, -0.1) is 0 Å². The minimum absolute atomic E-state index is 0.0735. The van der Waals surface area contributed by atoms with Gasteiger partial charge in [0.05, 0.1) is 0 Å². The number of carbonyl (C=O) groups is 1. The van der Waals surface area contributed by atoms with Crippen LogP contribution in [0.4, 0.5) is 0 Å². The zero-order valence-corrected chi connectivity index (χ0v) is 9.75. The average Bonchev–Trinajstić information content (AvgIpc) is 2.67. The summed E-state index contributed by atoms with van der Waals surface area (Å²) in [4.78, 5) is 11.2. The molecule has 0 unspecified atom stereocenters. The molecule has 0 saturated carbocycles. The quantitative estimate of drug-likeness (QED) is 0.657. The van der Waals surface area contributed by atoms with Crippen molar-refractivity contribution in [1.82, 2.24) is 20.9 Å². The summed E-state index contributed by atoms with van der Waals surface area (Å²) in [7, 11) is 0. The van der Waals surface area contributed by atoms with Crippen LogP contribution < -0.4 is 10.6 Å². The fraction of sp³-hybridized carbons (Fsp3) is 0.700. The second-order valence-corrected chi connectivity index (χ2v) is 3.57. The van der Waals surface area contributed by atoms with E-state index >= 15 is 0 Å². The molecule has 0 aliphatic rings. The van der Waals surface area contributed by atoms with E-state index in [0.717, 1.165) is 24.4 Å². The van der Waals surface area contributed by atoms with Gasteiger partial charge in [-0.1, -0.05) is 17.2 Å². The van der Waals surface area contributed by atoms with Gasteiger partial charge in [-0.2, -0.15) is 0 Å². The van der Waals surface area contributed by atoms with Crippen molar-refractivity contribution in [3.63, 3.8) is 0 Å². The summed E-state index contributed by atoms with van der Waals surface area (Å²) < 4.78 is 4.56. The molecule has 1 amide bonds. The average molecular weight is 226 g/mol. The third-order valence-electron chi connectivity index (χ3n) is 2.14. The third-order valence-corrected chi connectivity index (χ3v) is 2.14. The zero-order chi connectivity index (χ0) is 11.8. The van der Waals surface area contributed by atoms with Gasteiger partial charge in [0.15, 0.2) is 0 Å². The van der Waals surface area contributed by atoms with Crippen molar-refractivity contribution < 1.29 is 9.42 Å². The molecule has 1 heterocycles. The topological polar surface area (TPSA) is 80.0 Å². The van der Waals surface area contributed by atoms with E-state index in [-0.39, 0.29) is 5.91 Å². The van der Waals surface area contributed by atoms with Crippen LogP contribution in [0, 0.1) is 6.92 Å². The zero-order valence-electron chi connectivity index (χ0n) is 9.75. The number of aryl methyl sites for hydroxylation is 1. The molecule has 0 atom stereocenters. The predicted molar refractivity (Wildman–Crippen MR) is 58.7 cm³/mol. The Hall–Kier alpha value is -1.43. The normalized spacial score (nSPS) is 10.4. The van der Waals surface area contributed by atoms with Crippen LogP contribution in [0.2, 0.25) is 0 Å². The molecule has 0 bridgehead atoms. The largest absolute Gasteiger partial charge is 0.356 e. The molecule has 0 radical (unpaired) electrons. The lowest BCUT2D eigenvalue weighted by molar-refractivity contribution is -0.120. The maximum Gasteiger partial charge on any atom is 0.221 e. The second-order valence-electron chi connectivity index (χ2n) is 3.57. The van der Waals surface area contributed by atoms with Crippen LogP contribution in [0.15, 0.2) is 4.63 Å². The molecular weight excluding hydrogens is 208 g/mol. The van der Waals surface area contributed by atoms with Crippen molar-refractivity contribution in [3.05, 3.63) is 11.4 Å². The Morgan fingerprint density at radius 3 is 2.81 bits per heavy atom. The molecule has 0 fully saturated rings. The maximum atomic E-state index is 11.2. The first-order chi connectivity index (χ1) is 7.74. The number of aromatic nitrogens is 2. The highest BCUT2D eigenvalue weighted by molar-refractivity contribution is 5.75. The second kappa shape index (κ2) is 6.95.